The van der Waals surface area contributed by atoms with Gasteiger partial charge < -0.3 is 5.11 Å². The van der Waals surface area contributed by atoms with Crippen molar-refractivity contribution in [1.29, 1.82) is 0 Å². The van der Waals surface area contributed by atoms with Crippen LogP contribution in [-0.4, -0.2) is 11.2 Å². The van der Waals surface area contributed by atoms with Crippen molar-refractivity contribution >= 4 is 0 Å². The van der Waals surface area contributed by atoms with Gasteiger partial charge in [0, 0.05) is 0 Å². The molecule has 0 radical (unpaired) electrons. The smallest absolute Gasteiger partial charge is 0.0784 e. The number of hydrogen-bond acceptors (Lipinski definition) is 1. The van der Waals surface area contributed by atoms with E-state index in [4.69, 9.17) is 0 Å². The third kappa shape index (κ3) is 3.97. The quantitative estimate of drug-likeness (QED) is 0.608. The van der Waals surface area contributed by atoms with Crippen LogP contribution < -0.4 is 0 Å². The first-order valence-corrected chi connectivity index (χ1v) is 6.16. The van der Waals surface area contributed by atoms with E-state index in [9.17, 15) is 5.11 Å². The van der Waals surface area contributed by atoms with E-state index >= 15 is 0 Å². The van der Waals surface area contributed by atoms with Crippen molar-refractivity contribution in [1.82, 2.24) is 0 Å². The predicted molar refractivity (Wildman–Crippen MR) is 70.4 cm³/mol. The number of aliphatic hydroxyl groups is 1. The highest BCUT2D eigenvalue weighted by molar-refractivity contribution is 5.21. The van der Waals surface area contributed by atoms with Gasteiger partial charge in [0.15, 0.2) is 0 Å². The summed E-state index contributed by atoms with van der Waals surface area (Å²) in [4.78, 5) is 0. The zero-order chi connectivity index (χ0) is 12.1. The summed E-state index contributed by atoms with van der Waals surface area (Å²) in [5.41, 5.74) is 5.30. The maximum Gasteiger partial charge on any atom is 0.0784 e. The Morgan fingerprint density at radius 3 is 2.56 bits per heavy atom. The molecule has 16 heavy (non-hydrogen) atoms. The van der Waals surface area contributed by atoms with Gasteiger partial charge in [0.05, 0.1) is 6.10 Å². The van der Waals surface area contributed by atoms with E-state index in [0.29, 0.717) is 0 Å². The van der Waals surface area contributed by atoms with Crippen LogP contribution in [0.4, 0.5) is 0 Å². The molecule has 0 saturated heterocycles. The van der Waals surface area contributed by atoms with Crippen molar-refractivity contribution in [3.8, 4) is 0 Å². The summed E-state index contributed by atoms with van der Waals surface area (Å²) in [7, 11) is 0. The lowest BCUT2D eigenvalue weighted by Crippen LogP contribution is -2.10. The van der Waals surface area contributed by atoms with Crippen LogP contribution in [0.3, 0.4) is 0 Å². The summed E-state index contributed by atoms with van der Waals surface area (Å²) in [5.74, 6) is 0. The molecule has 90 valence electrons. The van der Waals surface area contributed by atoms with Crippen LogP contribution in [0.5, 0.6) is 0 Å². The van der Waals surface area contributed by atoms with Crippen molar-refractivity contribution in [2.24, 2.45) is 0 Å². The van der Waals surface area contributed by atoms with E-state index in [1.165, 1.54) is 16.7 Å². The number of allylic oxidation sites excluding steroid dienone is 4. The zero-order valence-electron chi connectivity index (χ0n) is 11.0. The molecule has 1 nitrogen and oxygen atoms in total. The molecule has 0 fully saturated rings. The lowest BCUT2D eigenvalue weighted by Gasteiger charge is -2.17. The Kier molecular flexibility index (Phi) is 5.01. The second kappa shape index (κ2) is 6.05. The van der Waals surface area contributed by atoms with E-state index < -0.39 is 0 Å². The Hall–Kier alpha value is -0.820. The lowest BCUT2D eigenvalue weighted by molar-refractivity contribution is 0.209. The summed E-state index contributed by atoms with van der Waals surface area (Å²) in [6.45, 7) is 8.50. The molecule has 1 heteroatoms. The molecular weight excluding hydrogens is 196 g/mol. The Balaban J connectivity index is 2.92. The Morgan fingerprint density at radius 2 is 1.94 bits per heavy atom. The van der Waals surface area contributed by atoms with Crippen molar-refractivity contribution in [2.75, 3.05) is 0 Å². The topological polar surface area (TPSA) is 20.2 Å². The predicted octanol–water partition coefficient (Wildman–Crippen LogP) is 4.15. The van der Waals surface area contributed by atoms with Gasteiger partial charge in [0.25, 0.3) is 0 Å². The van der Waals surface area contributed by atoms with Gasteiger partial charge >= 0.3 is 0 Å². The average Bonchev–Trinajstić information content (AvgIpc) is 2.22. The minimum atomic E-state index is -0.295. The molecule has 1 unspecified atom stereocenters. The molecule has 0 saturated carbocycles. The second-order valence-electron chi connectivity index (χ2n) is 5.06. The fourth-order valence-electron chi connectivity index (χ4n) is 1.95. The van der Waals surface area contributed by atoms with Gasteiger partial charge in [-0.1, -0.05) is 28.9 Å². The molecule has 0 bridgehead atoms. The summed E-state index contributed by atoms with van der Waals surface area (Å²) >= 11 is 0. The van der Waals surface area contributed by atoms with Crippen molar-refractivity contribution in [2.45, 2.75) is 59.5 Å². The van der Waals surface area contributed by atoms with Crippen LogP contribution >= 0.6 is 0 Å². The highest BCUT2D eigenvalue weighted by Crippen LogP contribution is 2.23. The molecule has 0 aromatic carbocycles. The summed E-state index contributed by atoms with van der Waals surface area (Å²) in [6, 6.07) is 0. The molecule has 1 aliphatic carbocycles. The third-order valence-electron chi connectivity index (χ3n) is 3.37. The molecule has 1 atom stereocenters. The molecule has 0 aromatic rings. The molecule has 1 rings (SSSR count). The highest BCUT2D eigenvalue weighted by Gasteiger charge is 2.11. The van der Waals surface area contributed by atoms with Crippen LogP contribution in [0.15, 0.2) is 34.4 Å². The Morgan fingerprint density at radius 1 is 1.25 bits per heavy atom. The van der Waals surface area contributed by atoms with E-state index in [1.807, 2.05) is 6.92 Å². The minimum Gasteiger partial charge on any atom is -0.388 e. The molecule has 0 heterocycles. The first-order valence-electron chi connectivity index (χ1n) is 6.16. The van der Waals surface area contributed by atoms with Crippen LogP contribution in [0, 0.1) is 0 Å². The Bertz CT molecular complexity index is 327. The molecule has 0 amide bonds. The van der Waals surface area contributed by atoms with Gasteiger partial charge in [-0.25, -0.2) is 0 Å². The van der Waals surface area contributed by atoms with E-state index in [0.717, 1.165) is 31.3 Å². The first-order chi connectivity index (χ1) is 7.50. The van der Waals surface area contributed by atoms with E-state index in [2.05, 4.69) is 32.9 Å². The van der Waals surface area contributed by atoms with Crippen LogP contribution in [0.2, 0.25) is 0 Å². The first kappa shape index (κ1) is 13.2. The van der Waals surface area contributed by atoms with Crippen molar-refractivity contribution < 1.29 is 5.11 Å². The van der Waals surface area contributed by atoms with Gasteiger partial charge in [0.1, 0.15) is 0 Å². The summed E-state index contributed by atoms with van der Waals surface area (Å²) in [6.07, 6.45) is 8.14. The molecule has 1 N–H and O–H groups in total. The summed E-state index contributed by atoms with van der Waals surface area (Å²) < 4.78 is 0. The maximum absolute atomic E-state index is 10.1. The molecule has 1 aliphatic rings. The van der Waals surface area contributed by atoms with Gasteiger partial charge in [0.2, 0.25) is 0 Å². The standard InChI is InChI=1S/C15H24O/c1-11(2)14-9-8-12(3)6-5-7-13(4)15(16)10-14/h7-8,15-16H,5-6,9-10H2,1-4H3. The number of rotatable bonds is 0. The minimum absolute atomic E-state index is 0.295. The molecule has 0 aromatic heterocycles. The average molecular weight is 220 g/mol. The van der Waals surface area contributed by atoms with Crippen LogP contribution in [0.25, 0.3) is 0 Å². The molecule has 0 spiro atoms. The fourth-order valence-corrected chi connectivity index (χ4v) is 1.95. The largest absolute Gasteiger partial charge is 0.388 e. The molecule has 0 aliphatic heterocycles. The van der Waals surface area contributed by atoms with Gasteiger partial charge in [-0.3, -0.25) is 0 Å². The van der Waals surface area contributed by atoms with Crippen molar-refractivity contribution in [3.05, 3.63) is 34.4 Å². The fraction of sp³-hybridized carbons (Fsp3) is 0.600. The maximum atomic E-state index is 10.1. The van der Waals surface area contributed by atoms with Crippen molar-refractivity contribution in [3.63, 3.8) is 0 Å². The zero-order valence-corrected chi connectivity index (χ0v) is 11.0. The SMILES string of the molecule is CC1=CCC(=C(C)C)CC(O)C(C)=CCC1. The highest BCUT2D eigenvalue weighted by atomic mass is 16.3. The molecular formula is C15H24O. The van der Waals surface area contributed by atoms with Crippen LogP contribution in [-0.2, 0) is 0 Å². The van der Waals surface area contributed by atoms with E-state index in [1.54, 1.807) is 0 Å². The monoisotopic (exact) mass is 220 g/mol. The van der Waals surface area contributed by atoms with Gasteiger partial charge in [-0.2, -0.15) is 0 Å². The number of hydrogen-bond donors (Lipinski definition) is 1. The van der Waals surface area contributed by atoms with Gasteiger partial charge in [-0.05, 0) is 59.0 Å². The van der Waals surface area contributed by atoms with Gasteiger partial charge in [-0.15, -0.1) is 0 Å². The Labute approximate surface area is 99.6 Å². The normalized spacial score (nSPS) is 23.6. The second-order valence-corrected chi connectivity index (χ2v) is 5.06. The lowest BCUT2D eigenvalue weighted by atomic mass is 9.93. The third-order valence-corrected chi connectivity index (χ3v) is 3.37. The number of aliphatic hydroxyl groups excluding tert-OH is 1. The van der Waals surface area contributed by atoms with E-state index in [-0.39, 0.29) is 6.10 Å². The van der Waals surface area contributed by atoms with Crippen LogP contribution in [0.1, 0.15) is 53.4 Å². The summed E-state index contributed by atoms with van der Waals surface area (Å²) in [5, 5.41) is 10.1.